The van der Waals surface area contributed by atoms with Crippen LogP contribution in [0.3, 0.4) is 0 Å². The molecule has 102 valence electrons. The highest BCUT2D eigenvalue weighted by molar-refractivity contribution is 7.84. The molecule has 1 heterocycles. The van der Waals surface area contributed by atoms with Crippen molar-refractivity contribution in [3.8, 4) is 0 Å². The van der Waals surface area contributed by atoms with Gasteiger partial charge < -0.3 is 9.15 Å². The highest BCUT2D eigenvalue weighted by atomic mass is 35.5. The van der Waals surface area contributed by atoms with Crippen LogP contribution in [-0.4, -0.2) is 23.0 Å². The summed E-state index contributed by atoms with van der Waals surface area (Å²) < 4.78 is 22.3. The van der Waals surface area contributed by atoms with Crippen LogP contribution in [0.1, 0.15) is 12.7 Å². The normalized spacial score (nSPS) is 12.6. The molecular weight excluding hydrogens is 288 g/mol. The summed E-state index contributed by atoms with van der Waals surface area (Å²) in [6.07, 6.45) is 1.51. The molecule has 2 aromatic rings. The third-order valence-electron chi connectivity index (χ3n) is 2.57. The number of hydrogen-bond donors (Lipinski definition) is 0. The molecule has 4 nitrogen and oxygen atoms in total. The van der Waals surface area contributed by atoms with Gasteiger partial charge in [0.25, 0.3) is 0 Å². The van der Waals surface area contributed by atoms with Crippen molar-refractivity contribution in [3.63, 3.8) is 0 Å². The fourth-order valence-electron chi connectivity index (χ4n) is 1.87. The Kier molecular flexibility index (Phi) is 4.27. The number of benzene rings is 1. The van der Waals surface area contributed by atoms with E-state index in [0.717, 1.165) is 0 Å². The van der Waals surface area contributed by atoms with Crippen molar-refractivity contribution in [2.75, 3.05) is 12.9 Å². The Balaban J connectivity index is 2.51. The van der Waals surface area contributed by atoms with E-state index in [2.05, 4.69) is 0 Å². The van der Waals surface area contributed by atoms with E-state index in [0.29, 0.717) is 33.3 Å². The quantitative estimate of drug-likeness (QED) is 0.815. The first-order valence-electron chi connectivity index (χ1n) is 5.73. The summed E-state index contributed by atoms with van der Waals surface area (Å²) in [6, 6.07) is 5.07. The molecule has 0 N–H and O–H groups in total. The Labute approximate surface area is 118 Å². The smallest absolute Gasteiger partial charge is 0.313 e. The molecule has 0 aliphatic carbocycles. The van der Waals surface area contributed by atoms with Crippen LogP contribution in [0.15, 0.2) is 27.5 Å². The molecule has 0 radical (unpaired) electrons. The second-order valence-corrected chi connectivity index (χ2v) is 5.68. The Bertz CT molecular complexity index is 647. The molecule has 0 aliphatic heterocycles. The number of carbonyl (C=O) groups excluding carboxylic acids is 1. The number of rotatable bonds is 4. The van der Waals surface area contributed by atoms with E-state index in [1.54, 1.807) is 31.4 Å². The van der Waals surface area contributed by atoms with Crippen molar-refractivity contribution in [1.29, 1.82) is 0 Å². The van der Waals surface area contributed by atoms with Crippen LogP contribution in [0.2, 0.25) is 5.02 Å². The first kappa shape index (κ1) is 14.1. The number of furan rings is 1. The molecule has 0 saturated heterocycles. The molecule has 0 bridgehead atoms. The van der Waals surface area contributed by atoms with E-state index in [9.17, 15) is 9.00 Å². The van der Waals surface area contributed by atoms with Crippen molar-refractivity contribution in [3.05, 3.63) is 29.0 Å². The number of ether oxygens (including phenoxy) is 1. The van der Waals surface area contributed by atoms with E-state index in [4.69, 9.17) is 20.8 Å². The third kappa shape index (κ3) is 2.98. The van der Waals surface area contributed by atoms with Gasteiger partial charge in [-0.05, 0) is 25.1 Å². The van der Waals surface area contributed by atoms with E-state index < -0.39 is 16.8 Å². The van der Waals surface area contributed by atoms with Crippen molar-refractivity contribution in [1.82, 2.24) is 0 Å². The number of fused-ring (bicyclic) bond motifs is 1. The molecule has 19 heavy (non-hydrogen) atoms. The molecule has 1 atom stereocenters. The number of carbonyl (C=O) groups is 1. The molecule has 1 aromatic heterocycles. The van der Waals surface area contributed by atoms with Crippen LogP contribution in [0.25, 0.3) is 11.0 Å². The summed E-state index contributed by atoms with van der Waals surface area (Å²) in [6.45, 7) is 2.03. The van der Waals surface area contributed by atoms with E-state index >= 15 is 0 Å². The lowest BCUT2D eigenvalue weighted by molar-refractivity contribution is -0.142. The summed E-state index contributed by atoms with van der Waals surface area (Å²) in [4.78, 5) is 12.0. The minimum atomic E-state index is -1.27. The Hall–Kier alpha value is -1.33. The monoisotopic (exact) mass is 300 g/mol. The summed E-state index contributed by atoms with van der Waals surface area (Å²) in [5.74, 6) is -0.0316. The maximum Gasteiger partial charge on any atom is 0.313 e. The van der Waals surface area contributed by atoms with Gasteiger partial charge in [-0.1, -0.05) is 11.6 Å². The number of hydrogen-bond acceptors (Lipinski definition) is 4. The minimum Gasteiger partial charge on any atom is -0.466 e. The van der Waals surface area contributed by atoms with Gasteiger partial charge in [0.05, 0.1) is 22.3 Å². The molecule has 2 rings (SSSR count). The number of halogens is 1. The van der Waals surface area contributed by atoms with Crippen LogP contribution in [-0.2, 0) is 26.8 Å². The SMILES string of the molecule is CCOC(=O)Cc1oc2ccc(Cl)cc2c1[S@](C)=O. The molecule has 0 unspecified atom stereocenters. The predicted molar refractivity (Wildman–Crippen MR) is 73.9 cm³/mol. The molecule has 1 aromatic carbocycles. The molecule has 6 heteroatoms. The zero-order chi connectivity index (χ0) is 14.0. The topological polar surface area (TPSA) is 56.5 Å². The fourth-order valence-corrected chi connectivity index (χ4v) is 2.95. The molecule has 0 fully saturated rings. The Morgan fingerprint density at radius 2 is 2.21 bits per heavy atom. The average molecular weight is 301 g/mol. The van der Waals surface area contributed by atoms with Gasteiger partial charge in [-0.3, -0.25) is 9.00 Å². The van der Waals surface area contributed by atoms with E-state index in [1.807, 2.05) is 0 Å². The van der Waals surface area contributed by atoms with Crippen molar-refractivity contribution in [2.24, 2.45) is 0 Å². The first-order chi connectivity index (χ1) is 9.02. The molecule has 0 saturated carbocycles. The van der Waals surface area contributed by atoms with Crippen LogP contribution < -0.4 is 0 Å². The zero-order valence-electron chi connectivity index (χ0n) is 10.6. The zero-order valence-corrected chi connectivity index (χ0v) is 12.1. The van der Waals surface area contributed by atoms with Crippen LogP contribution >= 0.6 is 11.6 Å². The van der Waals surface area contributed by atoms with Crippen LogP contribution in [0, 0.1) is 0 Å². The lowest BCUT2D eigenvalue weighted by Gasteiger charge is -2.01. The maximum absolute atomic E-state index is 11.8. The van der Waals surface area contributed by atoms with Gasteiger partial charge in [0.2, 0.25) is 0 Å². The van der Waals surface area contributed by atoms with Crippen molar-refractivity contribution < 1.29 is 18.2 Å². The Morgan fingerprint density at radius 3 is 2.84 bits per heavy atom. The molecule has 0 aliphatic rings. The van der Waals surface area contributed by atoms with E-state index in [-0.39, 0.29) is 6.42 Å². The first-order valence-corrected chi connectivity index (χ1v) is 7.66. The lowest BCUT2D eigenvalue weighted by Crippen LogP contribution is -2.08. The Morgan fingerprint density at radius 1 is 1.47 bits per heavy atom. The van der Waals surface area contributed by atoms with Gasteiger partial charge in [-0.15, -0.1) is 0 Å². The predicted octanol–water partition coefficient (Wildman–Crippen LogP) is 2.93. The van der Waals surface area contributed by atoms with Crippen molar-refractivity contribution >= 4 is 39.3 Å². The molecule has 0 spiro atoms. The number of esters is 1. The fraction of sp³-hybridized carbons (Fsp3) is 0.308. The maximum atomic E-state index is 11.8. The van der Waals surface area contributed by atoms with Gasteiger partial charge in [0.1, 0.15) is 17.8 Å². The largest absolute Gasteiger partial charge is 0.466 e. The summed E-state index contributed by atoms with van der Waals surface area (Å²) >= 11 is 5.93. The van der Waals surface area contributed by atoms with E-state index in [1.165, 1.54) is 0 Å². The highest BCUT2D eigenvalue weighted by Crippen LogP contribution is 2.31. The van der Waals surface area contributed by atoms with Gasteiger partial charge >= 0.3 is 5.97 Å². The minimum absolute atomic E-state index is 0.0327. The van der Waals surface area contributed by atoms with Gasteiger partial charge in [-0.2, -0.15) is 0 Å². The van der Waals surface area contributed by atoms with Crippen molar-refractivity contribution in [2.45, 2.75) is 18.2 Å². The van der Waals surface area contributed by atoms with Crippen LogP contribution in [0.4, 0.5) is 0 Å². The average Bonchev–Trinajstić information content (AvgIpc) is 2.66. The van der Waals surface area contributed by atoms with Gasteiger partial charge in [0.15, 0.2) is 0 Å². The summed E-state index contributed by atoms with van der Waals surface area (Å²) in [5.41, 5.74) is 0.564. The second-order valence-electron chi connectivity index (χ2n) is 3.93. The van der Waals surface area contributed by atoms with Gasteiger partial charge in [0, 0.05) is 16.7 Å². The summed E-state index contributed by atoms with van der Waals surface area (Å²) in [7, 11) is -1.27. The third-order valence-corrected chi connectivity index (χ3v) is 3.83. The molecule has 0 amide bonds. The standard InChI is InChI=1S/C13H13ClO4S/c1-3-17-12(15)7-11-13(19(2)16)9-6-8(14)4-5-10(9)18-11/h4-6H,3,7H2,1-2H3/t19-/m0/s1. The second kappa shape index (κ2) is 5.75. The van der Waals surface area contributed by atoms with Gasteiger partial charge in [-0.25, -0.2) is 0 Å². The highest BCUT2D eigenvalue weighted by Gasteiger charge is 2.20. The van der Waals surface area contributed by atoms with Crippen LogP contribution in [0.5, 0.6) is 0 Å². The lowest BCUT2D eigenvalue weighted by atomic mass is 10.2. The molecular formula is C13H13ClO4S. The summed E-state index contributed by atoms with van der Waals surface area (Å²) in [5, 5.41) is 1.20.